The molecule has 3 rings (SSSR count). The highest BCUT2D eigenvalue weighted by Gasteiger charge is 2.39. The molecule has 2 saturated heterocycles. The first-order chi connectivity index (χ1) is 15.2. The molecule has 1 unspecified atom stereocenters. The average Bonchev–Trinajstić information content (AvgIpc) is 3.37. The summed E-state index contributed by atoms with van der Waals surface area (Å²) in [6, 6.07) is 11.2. The summed E-state index contributed by atoms with van der Waals surface area (Å²) in [6.07, 6.45) is 4.80. The standard InChI is InChI=1S/C25H43N5O.HI/c1-4-26-24(27-20-23(29(5-2)6-3)22-12-8-7-9-13-22)28-21-25(14-18-31-19-15-25)30-16-10-11-17-30;/h7-9,12-13,23H,4-6,10-11,14-21H2,1-3H3,(H2,26,27,28);1H. The highest BCUT2D eigenvalue weighted by Crippen LogP contribution is 2.31. The van der Waals surface area contributed by atoms with E-state index >= 15 is 0 Å². The van der Waals surface area contributed by atoms with E-state index in [0.717, 1.165) is 64.7 Å². The molecule has 1 atom stereocenters. The Kier molecular flexibility index (Phi) is 12.3. The van der Waals surface area contributed by atoms with Crippen LogP contribution in [0.1, 0.15) is 58.1 Å². The Morgan fingerprint density at radius 3 is 2.31 bits per heavy atom. The van der Waals surface area contributed by atoms with E-state index in [1.807, 2.05) is 0 Å². The van der Waals surface area contributed by atoms with Crippen molar-refractivity contribution < 1.29 is 4.74 Å². The van der Waals surface area contributed by atoms with Crippen molar-refractivity contribution in [2.24, 2.45) is 4.99 Å². The van der Waals surface area contributed by atoms with Crippen molar-refractivity contribution in [1.29, 1.82) is 0 Å². The molecule has 7 heteroatoms. The van der Waals surface area contributed by atoms with E-state index < -0.39 is 0 Å². The topological polar surface area (TPSA) is 52.1 Å². The quantitative estimate of drug-likeness (QED) is 0.260. The summed E-state index contributed by atoms with van der Waals surface area (Å²) in [5, 5.41) is 7.15. The van der Waals surface area contributed by atoms with Crippen LogP contribution in [0.15, 0.2) is 35.3 Å². The maximum Gasteiger partial charge on any atom is 0.191 e. The smallest absolute Gasteiger partial charge is 0.191 e. The molecule has 182 valence electrons. The van der Waals surface area contributed by atoms with Crippen molar-refractivity contribution in [3.8, 4) is 0 Å². The zero-order chi connectivity index (χ0) is 21.9. The van der Waals surface area contributed by atoms with Gasteiger partial charge in [-0.3, -0.25) is 14.8 Å². The number of nitrogens with zero attached hydrogens (tertiary/aromatic N) is 3. The minimum absolute atomic E-state index is 0. The Hall–Kier alpha value is -0.900. The van der Waals surface area contributed by atoms with Gasteiger partial charge in [0.1, 0.15) is 0 Å². The summed E-state index contributed by atoms with van der Waals surface area (Å²) in [6.45, 7) is 15.4. The van der Waals surface area contributed by atoms with Gasteiger partial charge in [0, 0.05) is 31.8 Å². The summed E-state index contributed by atoms with van der Waals surface area (Å²) >= 11 is 0. The highest BCUT2D eigenvalue weighted by atomic mass is 127. The van der Waals surface area contributed by atoms with E-state index in [1.54, 1.807) is 0 Å². The van der Waals surface area contributed by atoms with Crippen LogP contribution in [-0.4, -0.2) is 80.3 Å². The molecule has 0 aromatic heterocycles. The zero-order valence-corrected chi connectivity index (χ0v) is 22.6. The number of halogens is 1. The van der Waals surface area contributed by atoms with Crippen LogP contribution in [0.2, 0.25) is 0 Å². The average molecular weight is 558 g/mol. The predicted octanol–water partition coefficient (Wildman–Crippen LogP) is 3.89. The molecule has 2 aliphatic rings. The number of guanidine groups is 1. The number of hydrogen-bond acceptors (Lipinski definition) is 4. The van der Waals surface area contributed by atoms with Gasteiger partial charge in [0.15, 0.2) is 5.96 Å². The first-order valence-electron chi connectivity index (χ1n) is 12.4. The fourth-order valence-corrected chi connectivity index (χ4v) is 5.08. The van der Waals surface area contributed by atoms with Gasteiger partial charge in [0.05, 0.1) is 12.6 Å². The monoisotopic (exact) mass is 557 g/mol. The van der Waals surface area contributed by atoms with Gasteiger partial charge in [0.25, 0.3) is 0 Å². The van der Waals surface area contributed by atoms with E-state index in [1.165, 1.54) is 31.5 Å². The number of likely N-dealkylation sites (N-methyl/N-ethyl adjacent to an activating group) is 1. The molecular formula is C25H44IN5O. The molecule has 6 nitrogen and oxygen atoms in total. The first-order valence-corrected chi connectivity index (χ1v) is 12.4. The van der Waals surface area contributed by atoms with Crippen molar-refractivity contribution in [3.63, 3.8) is 0 Å². The normalized spacial score (nSPS) is 20.1. The highest BCUT2D eigenvalue weighted by molar-refractivity contribution is 14.0. The Balaban J connectivity index is 0.00000363. The second kappa shape index (κ2) is 14.4. The minimum Gasteiger partial charge on any atom is -0.381 e. The van der Waals surface area contributed by atoms with Crippen LogP contribution >= 0.6 is 24.0 Å². The maximum atomic E-state index is 5.71. The van der Waals surface area contributed by atoms with Crippen LogP contribution in [-0.2, 0) is 4.74 Å². The summed E-state index contributed by atoms with van der Waals surface area (Å²) < 4.78 is 5.71. The van der Waals surface area contributed by atoms with E-state index in [4.69, 9.17) is 9.73 Å². The predicted molar refractivity (Wildman–Crippen MR) is 145 cm³/mol. The van der Waals surface area contributed by atoms with E-state index in [2.05, 4.69) is 71.5 Å². The Labute approximate surface area is 212 Å². The summed E-state index contributed by atoms with van der Waals surface area (Å²) in [7, 11) is 0. The number of hydrogen-bond donors (Lipinski definition) is 2. The van der Waals surface area contributed by atoms with Gasteiger partial charge >= 0.3 is 0 Å². The molecule has 1 aromatic carbocycles. The fraction of sp³-hybridized carbons (Fsp3) is 0.720. The summed E-state index contributed by atoms with van der Waals surface area (Å²) in [5.74, 6) is 0.931. The fourth-order valence-electron chi connectivity index (χ4n) is 5.08. The molecule has 2 fully saturated rings. The summed E-state index contributed by atoms with van der Waals surface area (Å²) in [5.41, 5.74) is 1.52. The number of benzene rings is 1. The Bertz CT molecular complexity index is 656. The largest absolute Gasteiger partial charge is 0.381 e. The lowest BCUT2D eigenvalue weighted by Gasteiger charge is -2.43. The van der Waals surface area contributed by atoms with Gasteiger partial charge in [0.2, 0.25) is 0 Å². The van der Waals surface area contributed by atoms with Crippen LogP contribution in [0.5, 0.6) is 0 Å². The molecule has 1 aromatic rings. The molecule has 32 heavy (non-hydrogen) atoms. The van der Waals surface area contributed by atoms with Crippen molar-refractivity contribution in [1.82, 2.24) is 20.4 Å². The van der Waals surface area contributed by atoms with E-state index in [-0.39, 0.29) is 29.5 Å². The van der Waals surface area contributed by atoms with Crippen molar-refractivity contribution in [3.05, 3.63) is 35.9 Å². The molecule has 2 heterocycles. The molecule has 2 aliphatic heterocycles. The third kappa shape index (κ3) is 7.30. The summed E-state index contributed by atoms with van der Waals surface area (Å²) in [4.78, 5) is 10.3. The van der Waals surface area contributed by atoms with Crippen molar-refractivity contribution in [2.75, 3.05) is 59.0 Å². The molecular weight excluding hydrogens is 513 g/mol. The Morgan fingerprint density at radius 1 is 1.06 bits per heavy atom. The maximum absolute atomic E-state index is 5.71. The van der Waals surface area contributed by atoms with Gasteiger partial charge in [-0.2, -0.15) is 0 Å². The molecule has 0 amide bonds. The second-order valence-electron chi connectivity index (χ2n) is 8.75. The minimum atomic E-state index is 0. The van der Waals surface area contributed by atoms with Gasteiger partial charge in [-0.1, -0.05) is 44.2 Å². The number of rotatable bonds is 10. The van der Waals surface area contributed by atoms with Crippen molar-refractivity contribution >= 4 is 29.9 Å². The third-order valence-electron chi connectivity index (χ3n) is 6.98. The molecule has 0 spiro atoms. The lowest BCUT2D eigenvalue weighted by atomic mass is 9.88. The van der Waals surface area contributed by atoms with Crippen LogP contribution < -0.4 is 10.6 Å². The lowest BCUT2D eigenvalue weighted by molar-refractivity contribution is -0.0139. The van der Waals surface area contributed by atoms with Crippen LogP contribution in [0, 0.1) is 0 Å². The second-order valence-corrected chi connectivity index (χ2v) is 8.75. The van der Waals surface area contributed by atoms with Gasteiger partial charge in [-0.15, -0.1) is 24.0 Å². The number of nitrogens with one attached hydrogen (secondary N) is 2. The van der Waals surface area contributed by atoms with Gasteiger partial charge in [-0.25, -0.2) is 0 Å². The SMILES string of the molecule is CCNC(=NCC1(N2CCCC2)CCOCC1)NCC(c1ccccc1)N(CC)CC.I. The Morgan fingerprint density at radius 2 is 1.72 bits per heavy atom. The van der Waals surface area contributed by atoms with Crippen molar-refractivity contribution in [2.45, 2.75) is 58.0 Å². The van der Waals surface area contributed by atoms with Crippen LogP contribution in [0.3, 0.4) is 0 Å². The lowest BCUT2D eigenvalue weighted by Crippen LogP contribution is -2.54. The van der Waals surface area contributed by atoms with E-state index in [9.17, 15) is 0 Å². The molecule has 0 radical (unpaired) electrons. The molecule has 0 saturated carbocycles. The number of aliphatic imine (C=N–C) groups is 1. The van der Waals surface area contributed by atoms with Crippen LogP contribution in [0.4, 0.5) is 0 Å². The molecule has 0 aliphatic carbocycles. The van der Waals surface area contributed by atoms with Gasteiger partial charge < -0.3 is 15.4 Å². The van der Waals surface area contributed by atoms with E-state index in [0.29, 0.717) is 6.04 Å². The van der Waals surface area contributed by atoms with Crippen LogP contribution in [0.25, 0.3) is 0 Å². The molecule has 0 bridgehead atoms. The first kappa shape index (κ1) is 27.3. The zero-order valence-electron chi connectivity index (χ0n) is 20.3. The van der Waals surface area contributed by atoms with Gasteiger partial charge in [-0.05, 0) is 64.3 Å². The molecule has 2 N–H and O–H groups in total. The third-order valence-corrected chi connectivity index (χ3v) is 6.98. The number of ether oxygens (including phenoxy) is 1. The number of likely N-dealkylation sites (tertiary alicyclic amines) is 1.